The number of aryl methyl sites for hydroxylation is 1. The molecule has 1 saturated heterocycles. The average molecular weight is 438 g/mol. The van der Waals surface area contributed by atoms with E-state index in [-0.39, 0.29) is 0 Å². The smallest absolute Gasteiger partial charge is 0.234 e. The highest BCUT2D eigenvalue weighted by Crippen LogP contribution is 2.30. The van der Waals surface area contributed by atoms with Gasteiger partial charge in [0.25, 0.3) is 0 Å². The van der Waals surface area contributed by atoms with E-state index in [1.807, 2.05) is 0 Å². The molecule has 1 N–H and O–H groups in total. The summed E-state index contributed by atoms with van der Waals surface area (Å²) in [6.07, 6.45) is 14.7. The summed E-state index contributed by atoms with van der Waals surface area (Å²) in [5.41, 5.74) is 3.33. The van der Waals surface area contributed by atoms with E-state index in [0.717, 1.165) is 54.8 Å². The zero-order valence-electron chi connectivity index (χ0n) is 19.7. The summed E-state index contributed by atoms with van der Waals surface area (Å²) < 4.78 is 12.2. The summed E-state index contributed by atoms with van der Waals surface area (Å²) in [7, 11) is 0. The summed E-state index contributed by atoms with van der Waals surface area (Å²) in [6.45, 7) is 4.01. The van der Waals surface area contributed by atoms with Crippen molar-refractivity contribution in [1.29, 1.82) is 0 Å². The number of benzene rings is 1. The molecule has 1 aliphatic heterocycles. The fourth-order valence-electron chi connectivity index (χ4n) is 4.81. The predicted octanol–water partition coefficient (Wildman–Crippen LogP) is 6.11. The molecule has 5 nitrogen and oxygen atoms in total. The van der Waals surface area contributed by atoms with Crippen molar-refractivity contribution in [1.82, 2.24) is 15.5 Å². The largest absolute Gasteiger partial charge is 0.490 e. The normalized spacial score (nSPS) is 19.6. The van der Waals surface area contributed by atoms with Gasteiger partial charge in [-0.15, -0.1) is 5.10 Å². The summed E-state index contributed by atoms with van der Waals surface area (Å²) in [5, 5.41) is 12.5. The first-order valence-electron chi connectivity index (χ1n) is 12.8. The van der Waals surface area contributed by atoms with Crippen LogP contribution in [0.5, 0.6) is 11.6 Å². The second-order valence-corrected chi connectivity index (χ2v) is 9.33. The lowest BCUT2D eigenvalue weighted by Gasteiger charge is -2.23. The molecule has 5 heteroatoms. The van der Waals surface area contributed by atoms with Gasteiger partial charge in [-0.25, -0.2) is 0 Å². The molecular weight excluding hydrogens is 398 g/mol. The molecule has 2 heterocycles. The minimum Gasteiger partial charge on any atom is -0.490 e. The maximum atomic E-state index is 6.22. The number of piperidine rings is 1. The van der Waals surface area contributed by atoms with Gasteiger partial charge >= 0.3 is 0 Å². The lowest BCUT2D eigenvalue weighted by Crippen LogP contribution is -2.35. The Morgan fingerprint density at radius 2 is 1.78 bits per heavy atom. The van der Waals surface area contributed by atoms with Crippen LogP contribution in [-0.4, -0.2) is 35.5 Å². The van der Waals surface area contributed by atoms with Crippen LogP contribution in [0, 0.1) is 0 Å². The van der Waals surface area contributed by atoms with Crippen LogP contribution >= 0.6 is 0 Å². The van der Waals surface area contributed by atoms with Gasteiger partial charge in [0.1, 0.15) is 5.75 Å². The minimum atomic E-state index is 0.371. The molecule has 1 saturated carbocycles. The van der Waals surface area contributed by atoms with Crippen LogP contribution in [0.2, 0.25) is 0 Å². The number of nitrogens with one attached hydrogen (secondary N) is 1. The third-order valence-electron chi connectivity index (χ3n) is 6.76. The standard InChI is InChI=1S/C27H39N3O2/c1-2-3-12-26-25(20-27(30-29-26)31-19-17-22-9-7-8-18-28-22)21-13-15-24(16-14-21)32-23-10-5-4-6-11-23/h13-16,20,22-23,28H,2-12,17-19H2,1H3. The average Bonchev–Trinajstić information content (AvgIpc) is 2.85. The maximum Gasteiger partial charge on any atom is 0.234 e. The van der Waals surface area contributed by atoms with E-state index in [4.69, 9.17) is 9.47 Å². The molecule has 1 aromatic heterocycles. The van der Waals surface area contributed by atoms with Gasteiger partial charge in [0.05, 0.1) is 18.4 Å². The molecule has 174 valence electrons. The first-order valence-corrected chi connectivity index (χ1v) is 12.8. The molecule has 2 aliphatic rings. The molecule has 0 spiro atoms. The highest BCUT2D eigenvalue weighted by atomic mass is 16.5. The Balaban J connectivity index is 1.42. The van der Waals surface area contributed by atoms with E-state index >= 15 is 0 Å². The monoisotopic (exact) mass is 437 g/mol. The molecule has 2 aromatic rings. The van der Waals surface area contributed by atoms with Crippen molar-refractivity contribution in [3.8, 4) is 22.8 Å². The van der Waals surface area contributed by atoms with Gasteiger partial charge in [0, 0.05) is 17.7 Å². The number of hydrogen-bond donors (Lipinski definition) is 1. The van der Waals surface area contributed by atoms with Crippen molar-refractivity contribution in [2.45, 2.75) is 96.1 Å². The molecule has 0 radical (unpaired) electrons. The molecule has 0 bridgehead atoms. The topological polar surface area (TPSA) is 56.3 Å². The van der Waals surface area contributed by atoms with Crippen molar-refractivity contribution >= 4 is 0 Å². The van der Waals surface area contributed by atoms with Crippen LogP contribution in [-0.2, 0) is 6.42 Å². The minimum absolute atomic E-state index is 0.371. The maximum absolute atomic E-state index is 6.22. The number of rotatable bonds is 10. The zero-order chi connectivity index (χ0) is 22.0. The Morgan fingerprint density at radius 1 is 0.969 bits per heavy atom. The highest BCUT2D eigenvalue weighted by Gasteiger charge is 2.16. The van der Waals surface area contributed by atoms with Crippen molar-refractivity contribution < 1.29 is 9.47 Å². The Bertz CT molecular complexity index is 812. The van der Waals surface area contributed by atoms with Crippen molar-refractivity contribution in [2.24, 2.45) is 0 Å². The number of nitrogens with zero attached hydrogens (tertiary/aromatic N) is 2. The molecule has 1 unspecified atom stereocenters. The van der Waals surface area contributed by atoms with E-state index < -0.39 is 0 Å². The van der Waals surface area contributed by atoms with Crippen molar-refractivity contribution in [3.05, 3.63) is 36.0 Å². The summed E-state index contributed by atoms with van der Waals surface area (Å²) in [4.78, 5) is 0. The third kappa shape index (κ3) is 6.68. The van der Waals surface area contributed by atoms with Gasteiger partial charge in [-0.3, -0.25) is 0 Å². The second-order valence-electron chi connectivity index (χ2n) is 9.33. The lowest BCUT2D eigenvalue weighted by molar-refractivity contribution is 0.155. The summed E-state index contributed by atoms with van der Waals surface area (Å²) >= 11 is 0. The first-order chi connectivity index (χ1) is 15.8. The van der Waals surface area contributed by atoms with Gasteiger partial charge in [-0.1, -0.05) is 38.3 Å². The predicted molar refractivity (Wildman–Crippen MR) is 129 cm³/mol. The number of ether oxygens (including phenoxy) is 2. The Morgan fingerprint density at radius 3 is 2.53 bits per heavy atom. The molecule has 32 heavy (non-hydrogen) atoms. The van der Waals surface area contributed by atoms with Crippen LogP contribution in [0.25, 0.3) is 11.1 Å². The van der Waals surface area contributed by atoms with Crippen LogP contribution in [0.3, 0.4) is 0 Å². The highest BCUT2D eigenvalue weighted by molar-refractivity contribution is 5.67. The fraction of sp³-hybridized carbons (Fsp3) is 0.630. The SMILES string of the molecule is CCCCc1nnc(OCCC2CCCCN2)cc1-c1ccc(OC2CCCCC2)cc1. The molecule has 4 rings (SSSR count). The molecule has 2 fully saturated rings. The van der Waals surface area contributed by atoms with Gasteiger partial charge in [-0.2, -0.15) is 5.10 Å². The Labute approximate surface area is 193 Å². The van der Waals surface area contributed by atoms with Crippen LogP contribution in [0.15, 0.2) is 30.3 Å². The van der Waals surface area contributed by atoms with Crippen molar-refractivity contribution in [3.63, 3.8) is 0 Å². The van der Waals surface area contributed by atoms with Crippen LogP contribution in [0.4, 0.5) is 0 Å². The van der Waals surface area contributed by atoms with Gasteiger partial charge in [-0.05, 0) is 82.0 Å². The molecular formula is C27H39N3O2. The number of unbranched alkanes of at least 4 members (excludes halogenated alkanes) is 1. The first kappa shape index (κ1) is 23.0. The van der Waals surface area contributed by atoms with Gasteiger partial charge in [0.2, 0.25) is 5.88 Å². The second kappa shape index (κ2) is 12.2. The Hall–Kier alpha value is -2.14. The quantitative estimate of drug-likeness (QED) is 0.486. The Kier molecular flexibility index (Phi) is 8.78. The summed E-state index contributed by atoms with van der Waals surface area (Å²) in [5.74, 6) is 1.59. The number of hydrogen-bond acceptors (Lipinski definition) is 5. The van der Waals surface area contributed by atoms with E-state index in [1.54, 1.807) is 0 Å². The van der Waals surface area contributed by atoms with Crippen molar-refractivity contribution in [2.75, 3.05) is 13.2 Å². The van der Waals surface area contributed by atoms with Gasteiger partial charge < -0.3 is 14.8 Å². The van der Waals surface area contributed by atoms with Crippen LogP contribution in [0.1, 0.15) is 83.2 Å². The molecule has 1 aliphatic carbocycles. The van der Waals surface area contributed by atoms with E-state index in [2.05, 4.69) is 52.8 Å². The van der Waals surface area contributed by atoms with E-state index in [1.165, 1.54) is 51.4 Å². The third-order valence-corrected chi connectivity index (χ3v) is 6.76. The van der Waals surface area contributed by atoms with Crippen LogP contribution < -0.4 is 14.8 Å². The lowest BCUT2D eigenvalue weighted by atomic mass is 9.97. The summed E-state index contributed by atoms with van der Waals surface area (Å²) in [6, 6.07) is 11.1. The molecule has 1 atom stereocenters. The zero-order valence-corrected chi connectivity index (χ0v) is 19.7. The number of aromatic nitrogens is 2. The molecule has 1 aromatic carbocycles. The van der Waals surface area contributed by atoms with Gasteiger partial charge in [0.15, 0.2) is 0 Å². The molecule has 0 amide bonds. The van der Waals surface area contributed by atoms with E-state index in [0.29, 0.717) is 24.6 Å². The van der Waals surface area contributed by atoms with E-state index in [9.17, 15) is 0 Å². The fourth-order valence-corrected chi connectivity index (χ4v) is 4.81.